The quantitative estimate of drug-likeness (QED) is 0.574. The van der Waals surface area contributed by atoms with E-state index in [4.69, 9.17) is 0 Å². The number of amides is 2. The molecular formula is C16H22BrN3O4. The lowest BCUT2D eigenvalue weighted by molar-refractivity contribution is -0.142. The van der Waals surface area contributed by atoms with Crippen molar-refractivity contribution in [1.82, 2.24) is 15.6 Å². The van der Waals surface area contributed by atoms with Crippen LogP contribution in [-0.4, -0.2) is 40.0 Å². The summed E-state index contributed by atoms with van der Waals surface area (Å²) in [5, 5.41) is 14.4. The zero-order chi connectivity index (χ0) is 18.3. The fourth-order valence-electron chi connectivity index (χ4n) is 2.21. The smallest absolute Gasteiger partial charge is 0.326 e. The number of hydrogen-bond donors (Lipinski definition) is 3. The minimum atomic E-state index is -1.15. The van der Waals surface area contributed by atoms with Crippen LogP contribution in [0.1, 0.15) is 32.8 Å². The standard InChI is InChI=1S/C16H22BrN3O4/c1-9(2)7-12(19-10(3)21)15(22)20-13(16(23)24)8-11-5-4-6-18-14(11)17/h4-6,9,12-13H,7-8H2,1-3H3,(H,19,21)(H,20,22)(H,23,24)/t12-,13-/m0/s1. The highest BCUT2D eigenvalue weighted by molar-refractivity contribution is 9.10. The van der Waals surface area contributed by atoms with Crippen LogP contribution >= 0.6 is 15.9 Å². The average molecular weight is 400 g/mol. The minimum absolute atomic E-state index is 0.0873. The topological polar surface area (TPSA) is 108 Å². The fourth-order valence-corrected chi connectivity index (χ4v) is 2.62. The Bertz CT molecular complexity index is 607. The molecule has 0 radical (unpaired) electrons. The molecule has 0 spiro atoms. The number of hydrogen-bond acceptors (Lipinski definition) is 4. The van der Waals surface area contributed by atoms with E-state index in [1.807, 2.05) is 13.8 Å². The van der Waals surface area contributed by atoms with Crippen LogP contribution in [0.25, 0.3) is 0 Å². The van der Waals surface area contributed by atoms with Gasteiger partial charge in [0.1, 0.15) is 16.7 Å². The third-order valence-corrected chi connectivity index (χ3v) is 3.99. The number of pyridine rings is 1. The zero-order valence-corrected chi connectivity index (χ0v) is 15.5. The number of carbonyl (C=O) groups excluding carboxylic acids is 2. The van der Waals surface area contributed by atoms with Gasteiger partial charge < -0.3 is 15.7 Å². The van der Waals surface area contributed by atoms with Gasteiger partial charge >= 0.3 is 5.97 Å². The van der Waals surface area contributed by atoms with Crippen LogP contribution < -0.4 is 10.6 Å². The molecule has 2 amide bonds. The van der Waals surface area contributed by atoms with Crippen molar-refractivity contribution >= 4 is 33.7 Å². The first-order valence-electron chi connectivity index (χ1n) is 7.60. The lowest BCUT2D eigenvalue weighted by Crippen LogP contribution is -2.52. The summed E-state index contributed by atoms with van der Waals surface area (Å²) in [7, 11) is 0. The van der Waals surface area contributed by atoms with Gasteiger partial charge in [0.2, 0.25) is 11.8 Å². The predicted molar refractivity (Wildman–Crippen MR) is 92.3 cm³/mol. The van der Waals surface area contributed by atoms with Crippen molar-refractivity contribution in [3.8, 4) is 0 Å². The lowest BCUT2D eigenvalue weighted by atomic mass is 10.0. The normalized spacial score (nSPS) is 13.2. The Labute approximate surface area is 149 Å². The van der Waals surface area contributed by atoms with Crippen LogP contribution in [0.2, 0.25) is 0 Å². The van der Waals surface area contributed by atoms with Gasteiger partial charge in [-0.25, -0.2) is 9.78 Å². The molecule has 3 N–H and O–H groups in total. The second-order valence-electron chi connectivity index (χ2n) is 5.94. The largest absolute Gasteiger partial charge is 0.480 e. The molecule has 1 aromatic heterocycles. The Balaban J connectivity index is 2.85. The molecule has 1 rings (SSSR count). The molecule has 0 unspecified atom stereocenters. The summed E-state index contributed by atoms with van der Waals surface area (Å²) < 4.78 is 0.533. The molecule has 0 saturated heterocycles. The van der Waals surface area contributed by atoms with Gasteiger partial charge in [-0.3, -0.25) is 9.59 Å². The van der Waals surface area contributed by atoms with Crippen LogP contribution in [-0.2, 0) is 20.8 Å². The molecule has 0 bridgehead atoms. The molecule has 2 atom stereocenters. The van der Waals surface area contributed by atoms with Gasteiger partial charge in [-0.05, 0) is 39.9 Å². The van der Waals surface area contributed by atoms with Crippen LogP contribution in [0, 0.1) is 5.92 Å². The number of rotatable bonds is 8. The highest BCUT2D eigenvalue weighted by Crippen LogP contribution is 2.15. The van der Waals surface area contributed by atoms with E-state index in [0.29, 0.717) is 16.6 Å². The molecule has 0 aliphatic heterocycles. The van der Waals surface area contributed by atoms with Crippen molar-refractivity contribution in [2.24, 2.45) is 5.92 Å². The molecule has 0 aliphatic rings. The first-order chi connectivity index (χ1) is 11.2. The van der Waals surface area contributed by atoms with Gasteiger partial charge in [0, 0.05) is 19.5 Å². The lowest BCUT2D eigenvalue weighted by Gasteiger charge is -2.22. The second kappa shape index (κ2) is 9.36. The van der Waals surface area contributed by atoms with Crippen molar-refractivity contribution < 1.29 is 19.5 Å². The summed E-state index contributed by atoms with van der Waals surface area (Å²) in [6.07, 6.45) is 2.09. The van der Waals surface area contributed by atoms with E-state index in [-0.39, 0.29) is 18.2 Å². The number of carboxylic acid groups (broad SMARTS) is 1. The maximum Gasteiger partial charge on any atom is 0.326 e. The highest BCUT2D eigenvalue weighted by Gasteiger charge is 2.27. The molecule has 0 aromatic carbocycles. The average Bonchev–Trinajstić information content (AvgIpc) is 2.46. The number of carbonyl (C=O) groups is 3. The maximum atomic E-state index is 12.4. The number of halogens is 1. The Morgan fingerprint density at radius 1 is 1.25 bits per heavy atom. The van der Waals surface area contributed by atoms with E-state index in [1.165, 1.54) is 6.92 Å². The van der Waals surface area contributed by atoms with Gasteiger partial charge in [0.05, 0.1) is 0 Å². The predicted octanol–water partition coefficient (Wildman–Crippen LogP) is 1.51. The number of aliphatic carboxylic acids is 1. The molecule has 1 aromatic rings. The fraction of sp³-hybridized carbons (Fsp3) is 0.500. The van der Waals surface area contributed by atoms with E-state index in [2.05, 4.69) is 31.5 Å². The Morgan fingerprint density at radius 3 is 2.42 bits per heavy atom. The van der Waals surface area contributed by atoms with Gasteiger partial charge in [0.15, 0.2) is 0 Å². The van der Waals surface area contributed by atoms with Crippen LogP contribution in [0.5, 0.6) is 0 Å². The summed E-state index contributed by atoms with van der Waals surface area (Å²) in [6, 6.07) is 1.56. The first kappa shape index (κ1) is 20.1. The van der Waals surface area contributed by atoms with E-state index >= 15 is 0 Å². The van der Waals surface area contributed by atoms with Crippen LogP contribution in [0.15, 0.2) is 22.9 Å². The summed E-state index contributed by atoms with van der Waals surface area (Å²) in [6.45, 7) is 5.16. The SMILES string of the molecule is CC(=O)N[C@@H](CC(C)C)C(=O)N[C@@H](Cc1cccnc1Br)C(=O)O. The summed E-state index contributed by atoms with van der Waals surface area (Å²) in [4.78, 5) is 39.2. The molecule has 132 valence electrons. The monoisotopic (exact) mass is 399 g/mol. The highest BCUT2D eigenvalue weighted by atomic mass is 79.9. The van der Waals surface area contributed by atoms with Gasteiger partial charge in [0.25, 0.3) is 0 Å². The van der Waals surface area contributed by atoms with E-state index in [0.717, 1.165) is 0 Å². The molecule has 0 saturated carbocycles. The van der Waals surface area contributed by atoms with Gasteiger partial charge in [-0.2, -0.15) is 0 Å². The molecule has 24 heavy (non-hydrogen) atoms. The molecule has 7 nitrogen and oxygen atoms in total. The van der Waals surface area contributed by atoms with Crippen molar-refractivity contribution in [2.45, 2.75) is 45.7 Å². The summed E-state index contributed by atoms with van der Waals surface area (Å²) in [5.41, 5.74) is 0.671. The molecule has 0 fully saturated rings. The summed E-state index contributed by atoms with van der Waals surface area (Å²) >= 11 is 3.26. The minimum Gasteiger partial charge on any atom is -0.480 e. The zero-order valence-electron chi connectivity index (χ0n) is 13.9. The Hall–Kier alpha value is -1.96. The Kier molecular flexibility index (Phi) is 7.84. The molecule has 8 heteroatoms. The van der Waals surface area contributed by atoms with Crippen LogP contribution in [0.3, 0.4) is 0 Å². The van der Waals surface area contributed by atoms with E-state index in [9.17, 15) is 19.5 Å². The van der Waals surface area contributed by atoms with Crippen molar-refractivity contribution in [3.05, 3.63) is 28.5 Å². The third-order valence-electron chi connectivity index (χ3n) is 3.28. The van der Waals surface area contributed by atoms with Gasteiger partial charge in [-0.1, -0.05) is 19.9 Å². The van der Waals surface area contributed by atoms with Crippen LogP contribution in [0.4, 0.5) is 0 Å². The van der Waals surface area contributed by atoms with Crippen molar-refractivity contribution in [3.63, 3.8) is 0 Å². The van der Waals surface area contributed by atoms with Crippen molar-refractivity contribution in [2.75, 3.05) is 0 Å². The first-order valence-corrected chi connectivity index (χ1v) is 8.39. The van der Waals surface area contributed by atoms with E-state index in [1.54, 1.807) is 18.3 Å². The third kappa shape index (κ3) is 6.66. The number of nitrogens with zero attached hydrogens (tertiary/aromatic N) is 1. The molecular weight excluding hydrogens is 378 g/mol. The summed E-state index contributed by atoms with van der Waals surface area (Å²) in [5.74, 6) is -1.82. The maximum absolute atomic E-state index is 12.4. The van der Waals surface area contributed by atoms with E-state index < -0.39 is 24.0 Å². The molecule has 1 heterocycles. The van der Waals surface area contributed by atoms with Crippen molar-refractivity contribution in [1.29, 1.82) is 0 Å². The van der Waals surface area contributed by atoms with Gasteiger partial charge in [-0.15, -0.1) is 0 Å². The molecule has 0 aliphatic carbocycles. The second-order valence-corrected chi connectivity index (χ2v) is 6.69. The Morgan fingerprint density at radius 2 is 1.92 bits per heavy atom. The number of carboxylic acids is 1. The number of aromatic nitrogens is 1. The number of nitrogens with one attached hydrogen (secondary N) is 2.